The lowest BCUT2D eigenvalue weighted by molar-refractivity contribution is -0.116. The molecule has 1 aliphatic rings. The smallest absolute Gasteiger partial charge is 0.259 e. The first-order valence-corrected chi connectivity index (χ1v) is 5.72. The van der Waals surface area contributed by atoms with Crippen LogP contribution < -0.4 is 5.32 Å². The Labute approximate surface area is 97.0 Å². The second-order valence-electron chi connectivity index (χ2n) is 3.01. The van der Waals surface area contributed by atoms with Gasteiger partial charge < -0.3 is 10.4 Å². The highest BCUT2D eigenvalue weighted by Gasteiger charge is 2.24. The molecule has 5 heteroatoms. The van der Waals surface area contributed by atoms with Crippen LogP contribution in [0.5, 0.6) is 5.75 Å². The second kappa shape index (κ2) is 4.20. The molecule has 2 rings (SSSR count). The molecule has 1 saturated heterocycles. The van der Waals surface area contributed by atoms with Gasteiger partial charge in [0.2, 0.25) is 0 Å². The van der Waals surface area contributed by atoms with E-state index in [-0.39, 0.29) is 16.4 Å². The SMILES string of the molecule is O=C1NC(S)S/C1=C\c1ccccc1O. The molecule has 0 aliphatic carbocycles. The Morgan fingerprint density at radius 2 is 2.20 bits per heavy atom. The van der Waals surface area contributed by atoms with Gasteiger partial charge in [-0.25, -0.2) is 0 Å². The number of hydrogen-bond acceptors (Lipinski definition) is 4. The topological polar surface area (TPSA) is 49.3 Å². The molecule has 0 radical (unpaired) electrons. The zero-order valence-corrected chi connectivity index (χ0v) is 9.39. The average Bonchev–Trinajstić information content (AvgIpc) is 2.49. The molecule has 0 aromatic heterocycles. The van der Waals surface area contributed by atoms with Crippen molar-refractivity contribution in [2.45, 2.75) is 4.71 Å². The summed E-state index contributed by atoms with van der Waals surface area (Å²) in [6.07, 6.45) is 1.66. The molecule has 0 saturated carbocycles. The number of phenols is 1. The number of amides is 1. The molecule has 1 aromatic carbocycles. The van der Waals surface area contributed by atoms with Crippen LogP contribution in [0.3, 0.4) is 0 Å². The minimum atomic E-state index is -0.199. The minimum Gasteiger partial charge on any atom is -0.507 e. The first kappa shape index (κ1) is 10.4. The number of phenolic OH excluding ortho intramolecular Hbond substituents is 1. The maximum Gasteiger partial charge on any atom is 0.259 e. The van der Waals surface area contributed by atoms with Crippen molar-refractivity contribution in [3.63, 3.8) is 0 Å². The molecule has 3 nitrogen and oxygen atoms in total. The van der Waals surface area contributed by atoms with Crippen LogP contribution in [-0.2, 0) is 4.79 Å². The van der Waals surface area contributed by atoms with Gasteiger partial charge in [-0.2, -0.15) is 0 Å². The zero-order chi connectivity index (χ0) is 10.8. The van der Waals surface area contributed by atoms with Crippen molar-refractivity contribution in [3.05, 3.63) is 34.7 Å². The lowest BCUT2D eigenvalue weighted by Crippen LogP contribution is -2.19. The van der Waals surface area contributed by atoms with Crippen LogP contribution in [0.2, 0.25) is 0 Å². The highest BCUT2D eigenvalue weighted by atomic mass is 32.2. The number of thiol groups is 1. The molecular weight excluding hydrogens is 230 g/mol. The fourth-order valence-corrected chi connectivity index (χ4v) is 2.46. The van der Waals surface area contributed by atoms with Gasteiger partial charge in [0.05, 0.1) is 4.91 Å². The highest BCUT2D eigenvalue weighted by Crippen LogP contribution is 2.32. The number of thioether (sulfide) groups is 1. The number of hydrogen-bond donors (Lipinski definition) is 3. The molecule has 2 N–H and O–H groups in total. The van der Waals surface area contributed by atoms with Crippen molar-refractivity contribution in [1.29, 1.82) is 0 Å². The van der Waals surface area contributed by atoms with Gasteiger partial charge >= 0.3 is 0 Å². The number of para-hydroxylation sites is 1. The van der Waals surface area contributed by atoms with Crippen LogP contribution in [0.25, 0.3) is 6.08 Å². The second-order valence-corrected chi connectivity index (χ2v) is 5.02. The Morgan fingerprint density at radius 1 is 1.47 bits per heavy atom. The van der Waals surface area contributed by atoms with E-state index < -0.39 is 0 Å². The largest absolute Gasteiger partial charge is 0.507 e. The fraction of sp³-hybridized carbons (Fsp3) is 0.100. The van der Waals surface area contributed by atoms with Crippen molar-refractivity contribution < 1.29 is 9.90 Å². The van der Waals surface area contributed by atoms with E-state index in [4.69, 9.17) is 0 Å². The molecule has 0 spiro atoms. The molecule has 1 unspecified atom stereocenters. The summed E-state index contributed by atoms with van der Waals surface area (Å²) in [7, 11) is 0. The number of rotatable bonds is 1. The van der Waals surface area contributed by atoms with E-state index in [2.05, 4.69) is 17.9 Å². The maximum atomic E-state index is 11.4. The van der Waals surface area contributed by atoms with Crippen LogP contribution in [0.15, 0.2) is 29.2 Å². The van der Waals surface area contributed by atoms with Gasteiger partial charge in [0.25, 0.3) is 5.91 Å². The van der Waals surface area contributed by atoms with Gasteiger partial charge in [0, 0.05) is 5.56 Å². The average molecular weight is 239 g/mol. The predicted molar refractivity (Wildman–Crippen MR) is 64.6 cm³/mol. The lowest BCUT2D eigenvalue weighted by Gasteiger charge is -1.98. The summed E-state index contributed by atoms with van der Waals surface area (Å²) in [6, 6.07) is 6.88. The minimum absolute atomic E-state index is 0.150. The van der Waals surface area contributed by atoms with Gasteiger partial charge in [-0.15, -0.1) is 12.6 Å². The van der Waals surface area contributed by atoms with E-state index in [9.17, 15) is 9.90 Å². The Kier molecular flexibility index (Phi) is 2.93. The number of aromatic hydroxyl groups is 1. The number of nitrogens with one attached hydrogen (secondary N) is 1. The molecule has 1 amide bonds. The monoisotopic (exact) mass is 239 g/mol. The normalized spacial score (nSPS) is 23.1. The van der Waals surface area contributed by atoms with Crippen LogP contribution in [-0.4, -0.2) is 15.7 Å². The summed E-state index contributed by atoms with van der Waals surface area (Å²) in [5.41, 5.74) is 0.637. The van der Waals surface area contributed by atoms with Crippen LogP contribution in [0.1, 0.15) is 5.56 Å². The van der Waals surface area contributed by atoms with Crippen molar-refractivity contribution >= 4 is 36.4 Å². The fourth-order valence-electron chi connectivity index (χ4n) is 1.24. The summed E-state index contributed by atoms with van der Waals surface area (Å²) in [4.78, 5) is 11.9. The summed E-state index contributed by atoms with van der Waals surface area (Å²) in [5, 5.41) is 12.2. The van der Waals surface area contributed by atoms with E-state index >= 15 is 0 Å². The van der Waals surface area contributed by atoms with Crippen molar-refractivity contribution in [3.8, 4) is 5.75 Å². The van der Waals surface area contributed by atoms with E-state index in [1.54, 1.807) is 24.3 Å². The third-order valence-corrected chi connectivity index (χ3v) is 3.28. The van der Waals surface area contributed by atoms with E-state index in [0.29, 0.717) is 10.5 Å². The number of carbonyl (C=O) groups excluding carboxylic acids is 1. The third kappa shape index (κ3) is 2.30. The van der Waals surface area contributed by atoms with Gasteiger partial charge in [0.1, 0.15) is 10.5 Å². The summed E-state index contributed by atoms with van der Waals surface area (Å²) in [5.74, 6) is 0.0178. The lowest BCUT2D eigenvalue weighted by atomic mass is 10.2. The molecule has 1 aromatic rings. The third-order valence-electron chi connectivity index (χ3n) is 1.94. The number of benzene rings is 1. The molecule has 1 atom stereocenters. The van der Waals surface area contributed by atoms with Crippen molar-refractivity contribution in [2.24, 2.45) is 0 Å². The molecule has 15 heavy (non-hydrogen) atoms. The summed E-state index contributed by atoms with van der Waals surface area (Å²) < 4.78 is -0.199. The van der Waals surface area contributed by atoms with Gasteiger partial charge in [-0.05, 0) is 12.1 Å². The Bertz CT molecular complexity index is 431. The van der Waals surface area contributed by atoms with E-state index in [0.717, 1.165) is 0 Å². The molecule has 1 fully saturated rings. The Morgan fingerprint density at radius 3 is 2.80 bits per heavy atom. The van der Waals surface area contributed by atoms with Gasteiger partial charge in [0.15, 0.2) is 0 Å². The quantitative estimate of drug-likeness (QED) is 0.517. The first-order valence-electron chi connectivity index (χ1n) is 4.32. The molecule has 1 heterocycles. The first-order chi connectivity index (χ1) is 7.16. The molecular formula is C10H9NO2S2. The number of carbonyl (C=O) groups is 1. The zero-order valence-electron chi connectivity index (χ0n) is 7.68. The standard InChI is InChI=1S/C10H9NO2S2/c12-7-4-2-1-3-6(7)5-8-9(13)11-10(14)15-8/h1-5,10,12,14H,(H,11,13)/b8-5-. The van der Waals surface area contributed by atoms with Gasteiger partial charge in [-0.3, -0.25) is 4.79 Å². The van der Waals surface area contributed by atoms with Crippen LogP contribution in [0.4, 0.5) is 0 Å². The van der Waals surface area contributed by atoms with E-state index in [1.165, 1.54) is 11.8 Å². The Balaban J connectivity index is 2.31. The van der Waals surface area contributed by atoms with E-state index in [1.807, 2.05) is 6.07 Å². The van der Waals surface area contributed by atoms with Crippen LogP contribution in [0, 0.1) is 0 Å². The molecule has 1 aliphatic heterocycles. The predicted octanol–water partition coefficient (Wildman–Crippen LogP) is 1.81. The molecule has 0 bridgehead atoms. The maximum absolute atomic E-state index is 11.4. The van der Waals surface area contributed by atoms with Crippen molar-refractivity contribution in [2.75, 3.05) is 0 Å². The van der Waals surface area contributed by atoms with Crippen molar-refractivity contribution in [1.82, 2.24) is 5.32 Å². The molecule has 78 valence electrons. The summed E-state index contributed by atoms with van der Waals surface area (Å²) in [6.45, 7) is 0. The summed E-state index contributed by atoms with van der Waals surface area (Å²) >= 11 is 5.46. The van der Waals surface area contributed by atoms with Crippen LogP contribution >= 0.6 is 24.4 Å². The highest BCUT2D eigenvalue weighted by molar-refractivity contribution is 8.14. The van der Waals surface area contributed by atoms with Gasteiger partial charge in [-0.1, -0.05) is 30.0 Å². The Hall–Kier alpha value is -1.07.